The third-order valence-electron chi connectivity index (χ3n) is 2.68. The Kier molecular flexibility index (Phi) is 4.36. The van der Waals surface area contributed by atoms with Gasteiger partial charge in [0.1, 0.15) is 5.15 Å². The van der Waals surface area contributed by atoms with Crippen molar-refractivity contribution >= 4 is 17.3 Å². The number of aromatic nitrogens is 1. The van der Waals surface area contributed by atoms with E-state index in [4.69, 9.17) is 11.6 Å². The molecule has 15 heavy (non-hydrogen) atoms. The van der Waals surface area contributed by atoms with Gasteiger partial charge in [-0.1, -0.05) is 25.4 Å². The molecule has 1 unspecified atom stereocenters. The number of hydrogen-bond acceptors (Lipinski definition) is 3. The van der Waals surface area contributed by atoms with E-state index in [0.29, 0.717) is 5.15 Å². The van der Waals surface area contributed by atoms with Crippen LogP contribution < -0.4 is 5.32 Å². The van der Waals surface area contributed by atoms with Crippen molar-refractivity contribution < 1.29 is 5.11 Å². The maximum Gasteiger partial charge on any atom is 0.131 e. The topological polar surface area (TPSA) is 45.1 Å². The minimum Gasteiger partial charge on any atom is -0.396 e. The van der Waals surface area contributed by atoms with E-state index in [-0.39, 0.29) is 12.0 Å². The van der Waals surface area contributed by atoms with Gasteiger partial charge in [-0.15, -0.1) is 0 Å². The lowest BCUT2D eigenvalue weighted by atomic mass is 9.88. The molecule has 2 N–H and O–H groups in total. The Morgan fingerprint density at radius 3 is 2.87 bits per heavy atom. The molecule has 0 bridgehead atoms. The van der Waals surface area contributed by atoms with E-state index >= 15 is 0 Å². The fourth-order valence-electron chi connectivity index (χ4n) is 1.12. The van der Waals surface area contributed by atoms with Crippen LogP contribution in [0, 0.1) is 5.41 Å². The zero-order valence-corrected chi connectivity index (χ0v) is 9.88. The van der Waals surface area contributed by atoms with Crippen molar-refractivity contribution in [1.82, 2.24) is 4.98 Å². The molecule has 1 heterocycles. The number of nitrogens with one attached hydrogen (secondary N) is 1. The third-order valence-corrected chi connectivity index (χ3v) is 2.89. The zero-order chi connectivity index (χ0) is 11.3. The number of halogens is 1. The zero-order valence-electron chi connectivity index (χ0n) is 9.13. The smallest absolute Gasteiger partial charge is 0.131 e. The summed E-state index contributed by atoms with van der Waals surface area (Å²) in [7, 11) is 0. The van der Waals surface area contributed by atoms with Crippen molar-refractivity contribution in [2.45, 2.75) is 20.3 Å². The molecule has 0 aliphatic rings. The third kappa shape index (κ3) is 3.68. The first-order chi connectivity index (χ1) is 7.09. The van der Waals surface area contributed by atoms with Crippen molar-refractivity contribution in [2.24, 2.45) is 5.41 Å². The van der Waals surface area contributed by atoms with Gasteiger partial charge < -0.3 is 10.4 Å². The molecule has 0 amide bonds. The summed E-state index contributed by atoms with van der Waals surface area (Å²) in [5.74, 6) is 0. The number of aliphatic hydroxyl groups excluding tert-OH is 1. The van der Waals surface area contributed by atoms with Crippen molar-refractivity contribution in [3.05, 3.63) is 23.5 Å². The van der Waals surface area contributed by atoms with Crippen LogP contribution in [0.2, 0.25) is 5.15 Å². The fraction of sp³-hybridized carbons (Fsp3) is 0.545. The molecule has 1 rings (SSSR count). The summed E-state index contributed by atoms with van der Waals surface area (Å²) in [6.07, 6.45) is 2.59. The molecular formula is C11H17ClN2O. The van der Waals surface area contributed by atoms with Gasteiger partial charge in [0.15, 0.2) is 0 Å². The summed E-state index contributed by atoms with van der Waals surface area (Å²) in [4.78, 5) is 3.90. The highest BCUT2D eigenvalue weighted by Gasteiger charge is 2.20. The molecule has 0 aliphatic carbocycles. The monoisotopic (exact) mass is 228 g/mol. The Morgan fingerprint density at radius 1 is 1.60 bits per heavy atom. The second-order valence-corrected chi connectivity index (χ2v) is 4.43. The van der Waals surface area contributed by atoms with Crippen LogP contribution in [0.15, 0.2) is 18.3 Å². The predicted molar refractivity (Wildman–Crippen MR) is 63.2 cm³/mol. The highest BCUT2D eigenvalue weighted by atomic mass is 35.5. The molecule has 0 fully saturated rings. The number of pyridine rings is 1. The Balaban J connectivity index is 2.56. The average molecular weight is 229 g/mol. The molecule has 0 spiro atoms. The largest absolute Gasteiger partial charge is 0.396 e. The second-order valence-electron chi connectivity index (χ2n) is 4.04. The summed E-state index contributed by atoms with van der Waals surface area (Å²) in [5, 5.41) is 13.0. The summed E-state index contributed by atoms with van der Waals surface area (Å²) in [6, 6.07) is 3.63. The van der Waals surface area contributed by atoms with Crippen LogP contribution in [0.25, 0.3) is 0 Å². The molecule has 0 saturated heterocycles. The number of anilines is 1. The van der Waals surface area contributed by atoms with Gasteiger partial charge >= 0.3 is 0 Å². The lowest BCUT2D eigenvalue weighted by Crippen LogP contribution is -2.29. The van der Waals surface area contributed by atoms with Gasteiger partial charge in [-0.05, 0) is 18.6 Å². The summed E-state index contributed by atoms with van der Waals surface area (Å²) in [5.41, 5.74) is 0.846. The van der Waals surface area contributed by atoms with Crippen LogP contribution in [-0.2, 0) is 0 Å². The van der Waals surface area contributed by atoms with Gasteiger partial charge in [0.2, 0.25) is 0 Å². The summed E-state index contributed by atoms with van der Waals surface area (Å²) < 4.78 is 0. The summed E-state index contributed by atoms with van der Waals surface area (Å²) >= 11 is 5.76. The normalized spacial score (nSPS) is 14.7. The second kappa shape index (κ2) is 5.33. The minimum absolute atomic E-state index is 0.0876. The molecule has 0 saturated carbocycles. The Labute approximate surface area is 95.5 Å². The van der Waals surface area contributed by atoms with E-state index in [1.807, 2.05) is 13.0 Å². The van der Waals surface area contributed by atoms with Crippen LogP contribution in [-0.4, -0.2) is 23.2 Å². The number of hydrogen-bond donors (Lipinski definition) is 2. The van der Waals surface area contributed by atoms with E-state index in [9.17, 15) is 5.11 Å². The van der Waals surface area contributed by atoms with Gasteiger partial charge in [0, 0.05) is 23.8 Å². The maximum absolute atomic E-state index is 9.24. The fourth-order valence-corrected chi connectivity index (χ4v) is 1.29. The van der Waals surface area contributed by atoms with Gasteiger partial charge in [-0.3, -0.25) is 0 Å². The molecular weight excluding hydrogens is 212 g/mol. The highest BCUT2D eigenvalue weighted by Crippen LogP contribution is 2.21. The molecule has 1 atom stereocenters. The van der Waals surface area contributed by atoms with Crippen molar-refractivity contribution in [3.63, 3.8) is 0 Å². The van der Waals surface area contributed by atoms with E-state index in [1.165, 1.54) is 0 Å². The van der Waals surface area contributed by atoms with Crippen LogP contribution >= 0.6 is 11.6 Å². The number of aliphatic hydroxyl groups is 1. The SMILES string of the molecule is CCC(C)(CO)CNc1ccnc(Cl)c1. The Morgan fingerprint density at radius 2 is 2.33 bits per heavy atom. The molecule has 3 nitrogen and oxygen atoms in total. The lowest BCUT2D eigenvalue weighted by molar-refractivity contribution is 0.149. The molecule has 84 valence electrons. The van der Waals surface area contributed by atoms with Gasteiger partial charge in [-0.2, -0.15) is 0 Å². The Bertz CT molecular complexity index is 313. The van der Waals surface area contributed by atoms with Gasteiger partial charge in [0.25, 0.3) is 0 Å². The summed E-state index contributed by atoms with van der Waals surface area (Å²) in [6.45, 7) is 5.01. The van der Waals surface area contributed by atoms with Crippen molar-refractivity contribution in [3.8, 4) is 0 Å². The van der Waals surface area contributed by atoms with E-state index in [0.717, 1.165) is 18.7 Å². The first-order valence-corrected chi connectivity index (χ1v) is 5.44. The molecule has 4 heteroatoms. The molecule has 1 aromatic heterocycles. The molecule has 1 aromatic rings. The standard InChI is InChI=1S/C11H17ClN2O/c1-3-11(2,8-15)7-14-9-4-5-13-10(12)6-9/h4-6,15H,3,7-8H2,1-2H3,(H,13,14). The average Bonchev–Trinajstić information content (AvgIpc) is 2.26. The van der Waals surface area contributed by atoms with Crippen LogP contribution in [0.3, 0.4) is 0 Å². The van der Waals surface area contributed by atoms with Crippen LogP contribution in [0.5, 0.6) is 0 Å². The highest BCUT2D eigenvalue weighted by molar-refractivity contribution is 6.29. The molecule has 0 aliphatic heterocycles. The first kappa shape index (κ1) is 12.3. The molecule has 0 radical (unpaired) electrons. The van der Waals surface area contributed by atoms with Crippen LogP contribution in [0.1, 0.15) is 20.3 Å². The minimum atomic E-state index is -0.0876. The van der Waals surface area contributed by atoms with E-state index in [2.05, 4.69) is 17.2 Å². The van der Waals surface area contributed by atoms with Crippen molar-refractivity contribution in [1.29, 1.82) is 0 Å². The van der Waals surface area contributed by atoms with Crippen LogP contribution in [0.4, 0.5) is 5.69 Å². The maximum atomic E-state index is 9.24. The number of rotatable bonds is 5. The van der Waals surface area contributed by atoms with Crippen molar-refractivity contribution in [2.75, 3.05) is 18.5 Å². The van der Waals surface area contributed by atoms with E-state index in [1.54, 1.807) is 12.3 Å². The quantitative estimate of drug-likeness (QED) is 0.762. The molecule has 0 aromatic carbocycles. The van der Waals surface area contributed by atoms with E-state index < -0.39 is 0 Å². The van der Waals surface area contributed by atoms with Gasteiger partial charge in [-0.25, -0.2) is 4.98 Å². The lowest BCUT2D eigenvalue weighted by Gasteiger charge is -2.26. The number of nitrogens with zero attached hydrogens (tertiary/aromatic N) is 1. The van der Waals surface area contributed by atoms with Gasteiger partial charge in [0.05, 0.1) is 6.61 Å². The first-order valence-electron chi connectivity index (χ1n) is 5.06. The Hall–Kier alpha value is -0.800. The predicted octanol–water partition coefficient (Wildman–Crippen LogP) is 2.56.